The Morgan fingerprint density at radius 2 is 1.87 bits per heavy atom. The molecule has 1 aliphatic heterocycles. The first-order chi connectivity index (χ1) is 14.7. The zero-order chi connectivity index (χ0) is 22.4. The van der Waals surface area contributed by atoms with E-state index < -0.39 is 23.5 Å². The van der Waals surface area contributed by atoms with Gasteiger partial charge in [-0.2, -0.15) is 0 Å². The summed E-state index contributed by atoms with van der Waals surface area (Å²) >= 11 is 0. The average Bonchev–Trinajstić information content (AvgIpc) is 3.23. The van der Waals surface area contributed by atoms with Gasteiger partial charge in [0.15, 0.2) is 5.69 Å². The van der Waals surface area contributed by atoms with Gasteiger partial charge in [0.2, 0.25) is 0 Å². The van der Waals surface area contributed by atoms with Crippen LogP contribution in [0.15, 0.2) is 36.7 Å². The summed E-state index contributed by atoms with van der Waals surface area (Å²) in [7, 11) is 0. The van der Waals surface area contributed by atoms with E-state index in [1.165, 1.54) is 6.33 Å². The second-order valence-electron chi connectivity index (χ2n) is 8.53. The normalized spacial score (nSPS) is 15.3. The van der Waals surface area contributed by atoms with Crippen molar-refractivity contribution >= 4 is 17.8 Å². The molecular formula is C22H30N5O4+. The molecule has 9 nitrogen and oxygen atoms in total. The van der Waals surface area contributed by atoms with Gasteiger partial charge in [-0.25, -0.2) is 9.78 Å². The Labute approximate surface area is 181 Å². The van der Waals surface area contributed by atoms with Gasteiger partial charge in [0.25, 0.3) is 11.8 Å². The van der Waals surface area contributed by atoms with E-state index in [9.17, 15) is 14.4 Å². The Hall–Kier alpha value is -3.20. The smallest absolute Gasteiger partial charge is 0.329 e. The molecule has 1 atom stereocenters. The number of aromatic amines is 1. The van der Waals surface area contributed by atoms with Gasteiger partial charge < -0.3 is 25.3 Å². The number of hydrogen-bond acceptors (Lipinski definition) is 5. The van der Waals surface area contributed by atoms with Crippen LogP contribution in [-0.4, -0.2) is 70.5 Å². The quantitative estimate of drug-likeness (QED) is 0.564. The van der Waals surface area contributed by atoms with Gasteiger partial charge in [0, 0.05) is 6.42 Å². The molecule has 2 amide bonds. The molecule has 3 rings (SSSR count). The summed E-state index contributed by atoms with van der Waals surface area (Å²) in [5.41, 5.74) is 0.278. The van der Waals surface area contributed by atoms with Gasteiger partial charge in [-0.05, 0) is 26.3 Å². The van der Waals surface area contributed by atoms with Crippen molar-refractivity contribution in [2.45, 2.75) is 38.8 Å². The first kappa shape index (κ1) is 22.5. The van der Waals surface area contributed by atoms with Crippen molar-refractivity contribution in [2.75, 3.05) is 26.2 Å². The van der Waals surface area contributed by atoms with Crippen LogP contribution in [0.5, 0.6) is 0 Å². The number of carbonyl (C=O) groups is 3. The second-order valence-corrected chi connectivity index (χ2v) is 8.53. The van der Waals surface area contributed by atoms with Gasteiger partial charge in [-0.15, -0.1) is 0 Å². The number of carbonyl (C=O) groups excluding carboxylic acids is 3. The van der Waals surface area contributed by atoms with E-state index in [0.717, 1.165) is 18.7 Å². The summed E-state index contributed by atoms with van der Waals surface area (Å²) < 4.78 is 5.50. The van der Waals surface area contributed by atoms with E-state index in [2.05, 4.69) is 20.6 Å². The monoisotopic (exact) mass is 428 g/mol. The topological polar surface area (TPSA) is 121 Å². The largest absolute Gasteiger partial charge is 0.458 e. The molecule has 1 saturated heterocycles. The second kappa shape index (κ2) is 9.74. The van der Waals surface area contributed by atoms with Crippen molar-refractivity contribution in [3.63, 3.8) is 0 Å². The Kier molecular flexibility index (Phi) is 7.06. The highest BCUT2D eigenvalue weighted by Gasteiger charge is 2.31. The standard InChI is InChI=1S/C22H29N5O4/c1-22(2,3)31-21(30)16(13-15-7-5-4-6-8-15)26-19(28)17-18(25-14-24-17)20(29)27-11-9-23-10-12-27/h4-8,14,16,23H,9-13H2,1-3H3,(H,24,25)(H,26,28)/p+1/t16-/m0/s1. The first-order valence-electron chi connectivity index (χ1n) is 10.5. The fourth-order valence-electron chi connectivity index (χ4n) is 3.38. The van der Waals surface area contributed by atoms with Crippen molar-refractivity contribution < 1.29 is 24.4 Å². The lowest BCUT2D eigenvalue weighted by molar-refractivity contribution is -0.661. The molecule has 166 valence electrons. The minimum Gasteiger partial charge on any atom is -0.458 e. The van der Waals surface area contributed by atoms with Crippen molar-refractivity contribution in [1.82, 2.24) is 20.2 Å². The number of nitrogens with two attached hydrogens (primary N) is 1. The number of amides is 2. The third-order valence-corrected chi connectivity index (χ3v) is 4.84. The van der Waals surface area contributed by atoms with Crippen LogP contribution in [0, 0.1) is 0 Å². The van der Waals surface area contributed by atoms with Gasteiger partial charge >= 0.3 is 5.97 Å². The minimum absolute atomic E-state index is 0.0267. The molecule has 0 unspecified atom stereocenters. The number of esters is 1. The highest BCUT2D eigenvalue weighted by molar-refractivity contribution is 6.05. The summed E-state index contributed by atoms with van der Waals surface area (Å²) in [6, 6.07) is 8.44. The maximum atomic E-state index is 13.0. The highest BCUT2D eigenvalue weighted by atomic mass is 16.6. The molecule has 1 aromatic carbocycles. The number of hydrogen-bond donors (Lipinski definition) is 3. The van der Waals surface area contributed by atoms with Gasteiger partial charge in [0.1, 0.15) is 17.3 Å². The maximum absolute atomic E-state index is 13.0. The number of benzene rings is 1. The Morgan fingerprint density at radius 1 is 1.19 bits per heavy atom. The summed E-state index contributed by atoms with van der Waals surface area (Å²) in [4.78, 5) is 47.2. The third kappa shape index (κ3) is 6.14. The first-order valence-corrected chi connectivity index (χ1v) is 10.5. The molecule has 4 N–H and O–H groups in total. The fraction of sp³-hybridized carbons (Fsp3) is 0.455. The van der Waals surface area contributed by atoms with E-state index in [4.69, 9.17) is 4.74 Å². The van der Waals surface area contributed by atoms with Crippen molar-refractivity contribution in [1.29, 1.82) is 0 Å². The molecule has 9 heteroatoms. The zero-order valence-corrected chi connectivity index (χ0v) is 18.2. The molecule has 31 heavy (non-hydrogen) atoms. The highest BCUT2D eigenvalue weighted by Crippen LogP contribution is 2.13. The summed E-state index contributed by atoms with van der Waals surface area (Å²) in [6.07, 6.45) is 1.58. The molecular weight excluding hydrogens is 398 g/mol. The van der Waals surface area contributed by atoms with Crippen molar-refractivity contribution in [3.05, 3.63) is 53.6 Å². The fourth-order valence-corrected chi connectivity index (χ4v) is 3.38. The van der Waals surface area contributed by atoms with Crippen LogP contribution in [0.25, 0.3) is 0 Å². The number of nitrogens with one attached hydrogen (secondary N) is 2. The van der Waals surface area contributed by atoms with Crippen LogP contribution in [0.3, 0.4) is 0 Å². The Bertz CT molecular complexity index is 913. The molecule has 1 fully saturated rings. The van der Waals surface area contributed by atoms with E-state index in [-0.39, 0.29) is 23.7 Å². The number of rotatable bonds is 6. The number of quaternary nitrogens is 1. The summed E-state index contributed by atoms with van der Waals surface area (Å²) in [6.45, 7) is 8.16. The molecule has 0 spiro atoms. The van der Waals surface area contributed by atoms with Crippen LogP contribution in [0.2, 0.25) is 0 Å². The van der Waals surface area contributed by atoms with Crippen molar-refractivity contribution in [3.8, 4) is 0 Å². The average molecular weight is 429 g/mol. The lowest BCUT2D eigenvalue weighted by Crippen LogP contribution is -2.89. The number of ether oxygens (including phenoxy) is 1. The van der Waals surface area contributed by atoms with E-state index in [0.29, 0.717) is 13.1 Å². The number of piperazine rings is 1. The van der Waals surface area contributed by atoms with Crippen LogP contribution < -0.4 is 10.6 Å². The lowest BCUT2D eigenvalue weighted by atomic mass is 10.1. The number of imidazole rings is 1. The predicted octanol–water partition coefficient (Wildman–Crippen LogP) is 0.112. The molecule has 1 aliphatic rings. The van der Waals surface area contributed by atoms with Crippen LogP contribution in [0.1, 0.15) is 47.3 Å². The Balaban J connectivity index is 1.78. The van der Waals surface area contributed by atoms with Crippen LogP contribution in [0.4, 0.5) is 0 Å². The van der Waals surface area contributed by atoms with Crippen LogP contribution in [-0.2, 0) is 16.0 Å². The predicted molar refractivity (Wildman–Crippen MR) is 113 cm³/mol. The van der Waals surface area contributed by atoms with E-state index >= 15 is 0 Å². The van der Waals surface area contributed by atoms with Crippen LogP contribution >= 0.6 is 0 Å². The Morgan fingerprint density at radius 3 is 2.52 bits per heavy atom. The molecule has 2 aromatic rings. The van der Waals surface area contributed by atoms with Gasteiger partial charge in [0.05, 0.1) is 32.5 Å². The molecule has 0 bridgehead atoms. The lowest BCUT2D eigenvalue weighted by Gasteiger charge is -2.25. The van der Waals surface area contributed by atoms with E-state index in [1.54, 1.807) is 25.7 Å². The molecule has 0 aliphatic carbocycles. The number of H-pyrrole nitrogens is 1. The number of aromatic nitrogens is 2. The molecule has 1 aromatic heterocycles. The maximum Gasteiger partial charge on any atom is 0.329 e. The molecule has 2 heterocycles. The zero-order valence-electron chi connectivity index (χ0n) is 18.2. The molecule has 0 saturated carbocycles. The number of nitrogens with zero attached hydrogens (tertiary/aromatic N) is 2. The summed E-state index contributed by atoms with van der Waals surface area (Å²) in [5.74, 6) is -1.41. The third-order valence-electron chi connectivity index (χ3n) is 4.84. The minimum atomic E-state index is -0.918. The SMILES string of the molecule is CC(C)(C)OC(=O)[C@H](Cc1ccccc1)NC(=O)c1nc[nH]c1C(=O)N1CC[NH2+]CC1. The molecule has 0 radical (unpaired) electrons. The summed E-state index contributed by atoms with van der Waals surface area (Å²) in [5, 5.41) is 4.85. The van der Waals surface area contributed by atoms with Crippen molar-refractivity contribution in [2.24, 2.45) is 0 Å². The van der Waals surface area contributed by atoms with E-state index in [1.807, 2.05) is 30.3 Å². The van der Waals surface area contributed by atoms with Gasteiger partial charge in [-0.1, -0.05) is 30.3 Å². The van der Waals surface area contributed by atoms with Gasteiger partial charge in [-0.3, -0.25) is 9.59 Å².